The van der Waals surface area contributed by atoms with Gasteiger partial charge in [-0.2, -0.15) is 0 Å². The van der Waals surface area contributed by atoms with Crippen LogP contribution in [0, 0.1) is 0 Å². The third kappa shape index (κ3) is 7.11. The van der Waals surface area contributed by atoms with Crippen LogP contribution in [0.1, 0.15) is 18.9 Å². The van der Waals surface area contributed by atoms with Crippen molar-refractivity contribution in [3.05, 3.63) is 29.8 Å². The Hall–Kier alpha value is -1.59. The predicted molar refractivity (Wildman–Crippen MR) is 83.4 cm³/mol. The number of rotatable bonds is 10. The summed E-state index contributed by atoms with van der Waals surface area (Å²) in [7, 11) is 1.41. The summed E-state index contributed by atoms with van der Waals surface area (Å²) >= 11 is 0. The minimum atomic E-state index is -0.213. The zero-order valence-corrected chi connectivity index (χ0v) is 13.0. The molecule has 0 saturated heterocycles. The highest BCUT2D eigenvalue weighted by Crippen LogP contribution is 2.12. The summed E-state index contributed by atoms with van der Waals surface area (Å²) in [4.78, 5) is 13.4. The Morgan fingerprint density at radius 3 is 2.52 bits per heavy atom. The summed E-state index contributed by atoms with van der Waals surface area (Å²) in [6.45, 7) is 5.15. The van der Waals surface area contributed by atoms with Gasteiger partial charge < -0.3 is 15.2 Å². The Balaban J connectivity index is 2.36. The molecule has 0 saturated carbocycles. The van der Waals surface area contributed by atoms with E-state index in [-0.39, 0.29) is 5.97 Å². The van der Waals surface area contributed by atoms with Crippen LogP contribution in [-0.4, -0.2) is 50.8 Å². The highest BCUT2D eigenvalue weighted by molar-refractivity contribution is 5.71. The van der Waals surface area contributed by atoms with Crippen molar-refractivity contribution in [1.29, 1.82) is 0 Å². The van der Waals surface area contributed by atoms with Crippen LogP contribution in [-0.2, 0) is 16.0 Å². The topological polar surface area (TPSA) is 64.8 Å². The molecule has 0 aromatic heterocycles. The van der Waals surface area contributed by atoms with Gasteiger partial charge in [-0.15, -0.1) is 0 Å². The molecule has 5 nitrogen and oxygen atoms in total. The molecule has 0 bridgehead atoms. The van der Waals surface area contributed by atoms with E-state index < -0.39 is 0 Å². The van der Waals surface area contributed by atoms with Crippen molar-refractivity contribution in [3.8, 4) is 5.75 Å². The lowest BCUT2D eigenvalue weighted by Crippen LogP contribution is -2.34. The first-order chi connectivity index (χ1) is 10.2. The Bertz CT molecular complexity index is 406. The fourth-order valence-electron chi connectivity index (χ4n) is 2.04. The maximum atomic E-state index is 11.3. The van der Waals surface area contributed by atoms with Gasteiger partial charge in [-0.3, -0.25) is 9.69 Å². The van der Waals surface area contributed by atoms with Crippen LogP contribution in [0.4, 0.5) is 0 Å². The average molecular weight is 294 g/mol. The largest absolute Gasteiger partial charge is 0.492 e. The normalized spacial score (nSPS) is 10.7. The minimum absolute atomic E-state index is 0.213. The van der Waals surface area contributed by atoms with E-state index in [9.17, 15) is 4.79 Å². The third-order valence-corrected chi connectivity index (χ3v) is 3.15. The predicted octanol–water partition coefficient (Wildman–Crippen LogP) is 1.45. The lowest BCUT2D eigenvalue weighted by molar-refractivity contribution is -0.142. The van der Waals surface area contributed by atoms with Crippen LogP contribution in [0.3, 0.4) is 0 Å². The van der Waals surface area contributed by atoms with Gasteiger partial charge in [0.15, 0.2) is 0 Å². The van der Waals surface area contributed by atoms with E-state index >= 15 is 0 Å². The van der Waals surface area contributed by atoms with Gasteiger partial charge in [0, 0.05) is 6.54 Å². The van der Waals surface area contributed by atoms with Gasteiger partial charge in [-0.1, -0.05) is 19.1 Å². The SMILES string of the molecule is CCCN(CCOc1ccc(CCN)cc1)CC(=O)OC. The van der Waals surface area contributed by atoms with E-state index in [1.165, 1.54) is 12.7 Å². The van der Waals surface area contributed by atoms with Crippen LogP contribution < -0.4 is 10.5 Å². The summed E-state index contributed by atoms with van der Waals surface area (Å²) in [5.74, 6) is 0.625. The molecule has 1 aromatic carbocycles. The molecule has 0 aliphatic carbocycles. The van der Waals surface area contributed by atoms with Gasteiger partial charge >= 0.3 is 5.97 Å². The van der Waals surface area contributed by atoms with Crippen LogP contribution >= 0.6 is 0 Å². The molecule has 0 amide bonds. The second kappa shape index (κ2) is 10.2. The molecule has 0 unspecified atom stereocenters. The van der Waals surface area contributed by atoms with Crippen molar-refractivity contribution >= 4 is 5.97 Å². The summed E-state index contributed by atoms with van der Waals surface area (Å²) < 4.78 is 10.4. The van der Waals surface area contributed by atoms with Gasteiger partial charge in [0.25, 0.3) is 0 Å². The fourth-order valence-corrected chi connectivity index (χ4v) is 2.04. The number of hydrogen-bond acceptors (Lipinski definition) is 5. The molecule has 118 valence electrons. The number of nitrogens with two attached hydrogens (primary N) is 1. The lowest BCUT2D eigenvalue weighted by Gasteiger charge is -2.20. The molecule has 0 radical (unpaired) electrons. The van der Waals surface area contributed by atoms with Gasteiger partial charge in [0.2, 0.25) is 0 Å². The minimum Gasteiger partial charge on any atom is -0.492 e. The monoisotopic (exact) mass is 294 g/mol. The Morgan fingerprint density at radius 1 is 1.24 bits per heavy atom. The van der Waals surface area contributed by atoms with Crippen molar-refractivity contribution in [2.45, 2.75) is 19.8 Å². The number of carbonyl (C=O) groups is 1. The first-order valence-corrected chi connectivity index (χ1v) is 7.40. The maximum absolute atomic E-state index is 11.3. The van der Waals surface area contributed by atoms with Crippen LogP contribution in [0.25, 0.3) is 0 Å². The van der Waals surface area contributed by atoms with Crippen LogP contribution in [0.2, 0.25) is 0 Å². The molecule has 5 heteroatoms. The molecule has 1 rings (SSSR count). The van der Waals surface area contributed by atoms with E-state index in [1.54, 1.807) is 0 Å². The van der Waals surface area contributed by atoms with Crippen molar-refractivity contribution < 1.29 is 14.3 Å². The first kappa shape index (κ1) is 17.5. The van der Waals surface area contributed by atoms with E-state index in [0.29, 0.717) is 26.2 Å². The number of hydrogen-bond donors (Lipinski definition) is 1. The Labute approximate surface area is 127 Å². The second-order valence-electron chi connectivity index (χ2n) is 4.88. The Morgan fingerprint density at radius 2 is 1.95 bits per heavy atom. The van der Waals surface area contributed by atoms with Crippen molar-refractivity contribution in [2.24, 2.45) is 5.73 Å². The molecule has 0 atom stereocenters. The highest BCUT2D eigenvalue weighted by atomic mass is 16.5. The number of esters is 1. The molecule has 0 fully saturated rings. The summed E-state index contributed by atoms with van der Waals surface area (Å²) in [6.07, 6.45) is 1.87. The smallest absolute Gasteiger partial charge is 0.319 e. The first-order valence-electron chi connectivity index (χ1n) is 7.40. The number of ether oxygens (including phenoxy) is 2. The molecular weight excluding hydrogens is 268 g/mol. The van der Waals surface area contributed by atoms with E-state index in [0.717, 1.165) is 25.1 Å². The molecule has 0 heterocycles. The molecule has 1 aromatic rings. The number of methoxy groups -OCH3 is 1. The molecule has 0 spiro atoms. The van der Waals surface area contributed by atoms with Crippen molar-refractivity contribution in [1.82, 2.24) is 4.90 Å². The average Bonchev–Trinajstić information content (AvgIpc) is 2.49. The molecular formula is C16H26N2O3. The zero-order valence-electron chi connectivity index (χ0n) is 13.0. The lowest BCUT2D eigenvalue weighted by atomic mass is 10.1. The maximum Gasteiger partial charge on any atom is 0.319 e. The number of carbonyl (C=O) groups excluding carboxylic acids is 1. The van der Waals surface area contributed by atoms with Crippen LogP contribution in [0.5, 0.6) is 5.75 Å². The van der Waals surface area contributed by atoms with Crippen molar-refractivity contribution in [3.63, 3.8) is 0 Å². The molecule has 0 aliphatic heterocycles. The number of nitrogens with zero attached hydrogens (tertiary/aromatic N) is 1. The highest BCUT2D eigenvalue weighted by Gasteiger charge is 2.10. The fraction of sp³-hybridized carbons (Fsp3) is 0.562. The van der Waals surface area contributed by atoms with Gasteiger partial charge in [-0.05, 0) is 43.6 Å². The third-order valence-electron chi connectivity index (χ3n) is 3.15. The molecule has 2 N–H and O–H groups in total. The van der Waals surface area contributed by atoms with Crippen LogP contribution in [0.15, 0.2) is 24.3 Å². The summed E-state index contributed by atoms with van der Waals surface area (Å²) in [6, 6.07) is 7.96. The Kier molecular flexibility index (Phi) is 8.47. The summed E-state index contributed by atoms with van der Waals surface area (Å²) in [5.41, 5.74) is 6.73. The van der Waals surface area contributed by atoms with E-state index in [4.69, 9.17) is 15.2 Å². The van der Waals surface area contributed by atoms with Gasteiger partial charge in [0.05, 0.1) is 13.7 Å². The standard InChI is InChI=1S/C16H26N2O3/c1-3-10-18(13-16(19)20-2)11-12-21-15-6-4-14(5-7-15)8-9-17/h4-7H,3,8-13,17H2,1-2H3. The van der Waals surface area contributed by atoms with E-state index in [1.807, 2.05) is 29.2 Å². The molecule has 21 heavy (non-hydrogen) atoms. The summed E-state index contributed by atoms with van der Waals surface area (Å²) in [5, 5.41) is 0. The quantitative estimate of drug-likeness (QED) is 0.662. The van der Waals surface area contributed by atoms with E-state index in [2.05, 4.69) is 6.92 Å². The van der Waals surface area contributed by atoms with Gasteiger partial charge in [0.1, 0.15) is 12.4 Å². The molecule has 0 aliphatic rings. The van der Waals surface area contributed by atoms with Crippen molar-refractivity contribution in [2.75, 3.05) is 39.9 Å². The van der Waals surface area contributed by atoms with Gasteiger partial charge in [-0.25, -0.2) is 0 Å². The zero-order chi connectivity index (χ0) is 15.5. The second-order valence-corrected chi connectivity index (χ2v) is 4.88. The number of benzene rings is 1.